The number of nitrogens with one attached hydrogen (secondary N) is 1. The zero-order valence-electron chi connectivity index (χ0n) is 20.6. The van der Waals surface area contributed by atoms with Crippen molar-refractivity contribution in [3.05, 3.63) is 62.0 Å². The van der Waals surface area contributed by atoms with E-state index in [9.17, 15) is 9.59 Å². The fourth-order valence-electron chi connectivity index (χ4n) is 4.36. The molecule has 0 bridgehead atoms. The highest BCUT2D eigenvalue weighted by Gasteiger charge is 2.14. The lowest BCUT2D eigenvalue weighted by atomic mass is 10.1. The van der Waals surface area contributed by atoms with Crippen LogP contribution in [0, 0.1) is 0 Å². The summed E-state index contributed by atoms with van der Waals surface area (Å²) in [4.78, 5) is 29.4. The molecule has 0 saturated heterocycles. The molecule has 34 heavy (non-hydrogen) atoms. The molecule has 0 atom stereocenters. The van der Waals surface area contributed by atoms with Crippen molar-refractivity contribution >= 4 is 22.8 Å². The number of imidazole rings is 1. The minimum Gasteiger partial charge on any atom is -0.328 e. The van der Waals surface area contributed by atoms with E-state index in [0.717, 1.165) is 43.8 Å². The Hall–Kier alpha value is -2.38. The molecule has 1 aromatic carbocycles. The van der Waals surface area contributed by atoms with Gasteiger partial charge >= 0.3 is 5.69 Å². The summed E-state index contributed by atoms with van der Waals surface area (Å²) in [6.45, 7) is 2.56. The quantitative estimate of drug-likeness (QED) is 0.322. The largest absolute Gasteiger partial charge is 0.332 e. The predicted octanol–water partition coefficient (Wildman–Crippen LogP) is 4.43. The van der Waals surface area contributed by atoms with Gasteiger partial charge in [0.25, 0.3) is 5.56 Å². The van der Waals surface area contributed by atoms with Crippen LogP contribution in [0.4, 0.5) is 0 Å². The zero-order valence-corrected chi connectivity index (χ0v) is 21.3. The summed E-state index contributed by atoms with van der Waals surface area (Å²) < 4.78 is 4.50. The van der Waals surface area contributed by atoms with Gasteiger partial charge in [-0.2, -0.15) is 0 Å². The number of hydrogen-bond acceptors (Lipinski definition) is 4. The molecule has 0 amide bonds. The molecule has 2 heterocycles. The van der Waals surface area contributed by atoms with Gasteiger partial charge in [-0.3, -0.25) is 13.9 Å². The zero-order chi connectivity index (χ0) is 24.3. The van der Waals surface area contributed by atoms with Crippen molar-refractivity contribution in [2.24, 2.45) is 14.1 Å². The highest BCUT2D eigenvalue weighted by atomic mass is 35.5. The van der Waals surface area contributed by atoms with Crippen molar-refractivity contribution < 1.29 is 0 Å². The van der Waals surface area contributed by atoms with Crippen LogP contribution >= 0.6 is 11.6 Å². The van der Waals surface area contributed by atoms with E-state index in [1.165, 1.54) is 53.2 Å². The molecule has 0 aliphatic heterocycles. The molecule has 0 radical (unpaired) electrons. The van der Waals surface area contributed by atoms with Gasteiger partial charge in [-0.1, -0.05) is 68.7 Å². The molecule has 7 nitrogen and oxygen atoms in total. The molecule has 186 valence electrons. The number of unbranched alkanes of at least 4 members (excludes halogenated alkanes) is 8. The Balaban J connectivity index is 1.19. The van der Waals surface area contributed by atoms with Crippen LogP contribution < -0.4 is 16.6 Å². The van der Waals surface area contributed by atoms with E-state index in [-0.39, 0.29) is 11.2 Å². The smallest absolute Gasteiger partial charge is 0.328 e. The molecule has 0 unspecified atom stereocenters. The second kappa shape index (κ2) is 13.5. The van der Waals surface area contributed by atoms with Gasteiger partial charge in [0.1, 0.15) is 0 Å². The average molecular weight is 488 g/mol. The number of nitrogens with zero attached hydrogens (tertiary/aromatic N) is 4. The van der Waals surface area contributed by atoms with Crippen LogP contribution in [0.5, 0.6) is 0 Å². The SMILES string of the molecule is Cn1cnc2c1c(=O)n(CCCCCCCCCCCNCCc1ccc(Cl)cc1)c(=O)n2C. The van der Waals surface area contributed by atoms with Gasteiger partial charge in [0.05, 0.1) is 6.33 Å². The Morgan fingerprint density at radius 1 is 0.853 bits per heavy atom. The van der Waals surface area contributed by atoms with Crippen molar-refractivity contribution in [2.45, 2.75) is 70.8 Å². The van der Waals surface area contributed by atoms with E-state index >= 15 is 0 Å². The number of aryl methyl sites for hydroxylation is 2. The summed E-state index contributed by atoms with van der Waals surface area (Å²) in [6.07, 6.45) is 13.2. The molecule has 0 fully saturated rings. The first-order chi connectivity index (χ1) is 16.5. The van der Waals surface area contributed by atoms with Crippen molar-refractivity contribution in [1.29, 1.82) is 0 Å². The summed E-state index contributed by atoms with van der Waals surface area (Å²) in [5, 5.41) is 4.32. The topological polar surface area (TPSA) is 73.8 Å². The first-order valence-electron chi connectivity index (χ1n) is 12.5. The number of aromatic nitrogens is 4. The number of benzene rings is 1. The Bertz CT molecular complexity index is 1150. The van der Waals surface area contributed by atoms with Gasteiger partial charge in [-0.25, -0.2) is 9.78 Å². The van der Waals surface area contributed by atoms with Crippen molar-refractivity contribution in [3.8, 4) is 0 Å². The molecule has 3 aromatic rings. The van der Waals surface area contributed by atoms with Gasteiger partial charge in [-0.05, 0) is 50.0 Å². The van der Waals surface area contributed by atoms with E-state index in [2.05, 4.69) is 22.4 Å². The van der Waals surface area contributed by atoms with Crippen molar-refractivity contribution in [2.75, 3.05) is 13.1 Å². The lowest BCUT2D eigenvalue weighted by Gasteiger charge is -2.08. The maximum Gasteiger partial charge on any atom is 0.332 e. The van der Waals surface area contributed by atoms with Crippen molar-refractivity contribution in [3.63, 3.8) is 0 Å². The van der Waals surface area contributed by atoms with Gasteiger partial charge in [0.2, 0.25) is 0 Å². The Morgan fingerprint density at radius 3 is 2.15 bits per heavy atom. The van der Waals surface area contributed by atoms with Crippen LogP contribution in [0.3, 0.4) is 0 Å². The lowest BCUT2D eigenvalue weighted by Crippen LogP contribution is -2.39. The third kappa shape index (κ3) is 7.31. The molecule has 2 aromatic heterocycles. The Labute approximate surface area is 206 Å². The van der Waals surface area contributed by atoms with Crippen LogP contribution in [0.15, 0.2) is 40.2 Å². The fraction of sp³-hybridized carbons (Fsp3) is 0.577. The van der Waals surface area contributed by atoms with E-state index in [4.69, 9.17) is 11.6 Å². The second-order valence-corrected chi connectivity index (χ2v) is 9.57. The Kier molecular flexibility index (Phi) is 10.4. The van der Waals surface area contributed by atoms with E-state index in [0.29, 0.717) is 17.7 Å². The standard InChI is InChI=1S/C26H38ClN5O2/c1-30-20-29-24-23(30)25(33)32(26(34)31(24)2)19-11-9-7-5-3-4-6-8-10-17-28-18-16-21-12-14-22(27)15-13-21/h12-15,20,28H,3-11,16-19H2,1-2H3. The molecule has 0 saturated carbocycles. The fourth-order valence-corrected chi connectivity index (χ4v) is 4.49. The van der Waals surface area contributed by atoms with E-state index < -0.39 is 0 Å². The highest BCUT2D eigenvalue weighted by molar-refractivity contribution is 6.30. The van der Waals surface area contributed by atoms with Crippen molar-refractivity contribution in [1.82, 2.24) is 24.0 Å². The minimum absolute atomic E-state index is 0.238. The summed E-state index contributed by atoms with van der Waals surface area (Å²) in [5.74, 6) is 0. The van der Waals surface area contributed by atoms with E-state index in [1.54, 1.807) is 25.0 Å². The Morgan fingerprint density at radius 2 is 1.47 bits per heavy atom. The third-order valence-corrected chi connectivity index (χ3v) is 6.69. The van der Waals surface area contributed by atoms with Gasteiger partial charge in [-0.15, -0.1) is 0 Å². The number of hydrogen-bond donors (Lipinski definition) is 1. The molecular formula is C26H38ClN5O2. The molecule has 0 aliphatic rings. The van der Waals surface area contributed by atoms with Gasteiger partial charge in [0.15, 0.2) is 11.2 Å². The highest BCUT2D eigenvalue weighted by Crippen LogP contribution is 2.11. The van der Waals surface area contributed by atoms with Crippen LogP contribution in [0.1, 0.15) is 63.4 Å². The lowest BCUT2D eigenvalue weighted by molar-refractivity contribution is 0.513. The normalized spacial score (nSPS) is 11.5. The molecule has 8 heteroatoms. The van der Waals surface area contributed by atoms with E-state index in [1.807, 2.05) is 12.1 Å². The maximum absolute atomic E-state index is 12.7. The molecular weight excluding hydrogens is 450 g/mol. The third-order valence-electron chi connectivity index (χ3n) is 6.44. The average Bonchev–Trinajstić information content (AvgIpc) is 3.22. The van der Waals surface area contributed by atoms with Gasteiger partial charge < -0.3 is 9.88 Å². The van der Waals surface area contributed by atoms with Crippen LogP contribution in [-0.4, -0.2) is 31.8 Å². The van der Waals surface area contributed by atoms with Crippen LogP contribution in [0.25, 0.3) is 11.2 Å². The maximum atomic E-state index is 12.7. The minimum atomic E-state index is -0.282. The second-order valence-electron chi connectivity index (χ2n) is 9.13. The van der Waals surface area contributed by atoms with Crippen LogP contribution in [0.2, 0.25) is 5.02 Å². The number of rotatable bonds is 15. The first kappa shape index (κ1) is 26.2. The number of fused-ring (bicyclic) bond motifs is 1. The predicted molar refractivity (Wildman–Crippen MR) is 140 cm³/mol. The van der Waals surface area contributed by atoms with Crippen LogP contribution in [-0.2, 0) is 27.1 Å². The molecule has 1 N–H and O–H groups in total. The molecule has 0 aliphatic carbocycles. The summed E-state index contributed by atoms with van der Waals surface area (Å²) in [7, 11) is 3.45. The summed E-state index contributed by atoms with van der Waals surface area (Å²) in [5.41, 5.74) is 1.73. The molecule has 3 rings (SSSR count). The monoisotopic (exact) mass is 487 g/mol. The van der Waals surface area contributed by atoms with Gasteiger partial charge in [0, 0.05) is 25.7 Å². The number of halogens is 1. The first-order valence-corrected chi connectivity index (χ1v) is 12.9. The summed E-state index contributed by atoms with van der Waals surface area (Å²) in [6, 6.07) is 8.07. The molecule has 0 spiro atoms. The summed E-state index contributed by atoms with van der Waals surface area (Å²) >= 11 is 5.91.